The zero-order valence-corrected chi connectivity index (χ0v) is 24.5. The predicted molar refractivity (Wildman–Crippen MR) is 156 cm³/mol. The summed E-state index contributed by atoms with van der Waals surface area (Å²) in [4.78, 5) is 13.7. The lowest BCUT2D eigenvalue weighted by Crippen LogP contribution is -2.29. The fraction of sp³-hybridized carbons (Fsp3) is 0.400. The van der Waals surface area contributed by atoms with E-state index in [9.17, 15) is 28.2 Å². The number of para-hydroxylation sites is 1. The molecular formula is C30H33F3N8O3. The van der Waals surface area contributed by atoms with Crippen LogP contribution in [-0.4, -0.2) is 48.1 Å². The van der Waals surface area contributed by atoms with Gasteiger partial charge >= 0.3 is 6.18 Å². The molecule has 0 amide bonds. The number of nitrogens with one attached hydrogen (secondary N) is 2. The fourth-order valence-electron chi connectivity index (χ4n) is 5.68. The van der Waals surface area contributed by atoms with Gasteiger partial charge in [0.1, 0.15) is 11.4 Å². The van der Waals surface area contributed by atoms with Gasteiger partial charge < -0.3 is 15.5 Å². The Labute approximate surface area is 250 Å². The lowest BCUT2D eigenvalue weighted by Gasteiger charge is -2.28. The Morgan fingerprint density at radius 1 is 1.07 bits per heavy atom. The molecule has 2 heterocycles. The van der Waals surface area contributed by atoms with Crippen molar-refractivity contribution in [1.82, 2.24) is 30.5 Å². The number of aromatic amines is 1. The highest BCUT2D eigenvalue weighted by atomic mass is 19.4. The Hall–Kier alpha value is -4.59. The number of azo groups is 1. The van der Waals surface area contributed by atoms with Gasteiger partial charge in [0.2, 0.25) is 5.88 Å². The van der Waals surface area contributed by atoms with Crippen LogP contribution in [-0.2, 0) is 6.54 Å². The monoisotopic (exact) mass is 610 g/mol. The molecule has 0 radical (unpaired) electrons. The average Bonchev–Trinajstić information content (AvgIpc) is 3.52. The highest BCUT2D eigenvalue weighted by Gasteiger charge is 2.30. The number of pyridine rings is 1. The summed E-state index contributed by atoms with van der Waals surface area (Å²) in [5.74, 6) is 0.153. The molecule has 4 N–H and O–H groups in total. The third kappa shape index (κ3) is 6.49. The number of hydrogen-bond acceptors (Lipinski definition) is 9. The van der Waals surface area contributed by atoms with E-state index in [1.165, 1.54) is 6.92 Å². The number of nitrogens with zero attached hydrogens (tertiary/aromatic N) is 6. The molecule has 1 saturated carbocycles. The number of aryl methyl sites for hydroxylation is 2. The molecule has 14 heteroatoms. The summed E-state index contributed by atoms with van der Waals surface area (Å²) < 4.78 is 39.7. The maximum atomic E-state index is 13.7. The quantitative estimate of drug-likeness (QED) is 0.173. The second kappa shape index (κ2) is 12.6. The molecule has 2 aromatic heterocycles. The Balaban J connectivity index is 1.53. The molecule has 2 unspecified atom stereocenters. The van der Waals surface area contributed by atoms with E-state index in [1.54, 1.807) is 30.3 Å². The number of phenolic OH excluding ortho intramolecular Hbond substituents is 1. The molecule has 0 bridgehead atoms. The van der Waals surface area contributed by atoms with E-state index in [4.69, 9.17) is 0 Å². The van der Waals surface area contributed by atoms with Crippen molar-refractivity contribution in [3.8, 4) is 17.3 Å². The summed E-state index contributed by atoms with van der Waals surface area (Å²) in [6.07, 6.45) is -1.11. The van der Waals surface area contributed by atoms with Crippen LogP contribution in [0.2, 0.25) is 0 Å². The second-order valence-corrected chi connectivity index (χ2v) is 11.1. The largest absolute Gasteiger partial charge is 0.505 e. The third-order valence-electron chi connectivity index (χ3n) is 8.22. The zero-order chi connectivity index (χ0) is 31.6. The molecule has 1 fully saturated rings. The number of H-pyrrole nitrogens is 1. The van der Waals surface area contributed by atoms with Crippen LogP contribution in [0.25, 0.3) is 5.69 Å². The summed E-state index contributed by atoms with van der Waals surface area (Å²) in [5.41, 5.74) is 2.28. The number of alkyl halides is 3. The van der Waals surface area contributed by atoms with E-state index >= 15 is 0 Å². The number of aromatic hydroxyl groups is 2. The van der Waals surface area contributed by atoms with Gasteiger partial charge in [-0.25, -0.2) is 4.57 Å². The number of aromatic nitrogens is 5. The van der Waals surface area contributed by atoms with Crippen LogP contribution >= 0.6 is 0 Å². The lowest BCUT2D eigenvalue weighted by molar-refractivity contribution is -0.125. The zero-order valence-electron chi connectivity index (χ0n) is 24.5. The van der Waals surface area contributed by atoms with Crippen molar-refractivity contribution in [2.24, 2.45) is 10.2 Å². The first-order chi connectivity index (χ1) is 20.9. The minimum Gasteiger partial charge on any atom is -0.505 e. The normalized spacial score (nSPS) is 17.4. The van der Waals surface area contributed by atoms with Crippen LogP contribution in [0.5, 0.6) is 11.6 Å². The molecule has 2 aromatic carbocycles. The van der Waals surface area contributed by atoms with Crippen LogP contribution < -0.4 is 10.9 Å². The van der Waals surface area contributed by atoms with Crippen LogP contribution in [0, 0.1) is 20.8 Å². The van der Waals surface area contributed by atoms with Gasteiger partial charge in [0, 0.05) is 18.0 Å². The standard InChI is InChI=1S/C30H33F3N8O3/c1-16-10-11-21(12-17(16)2)41-28(43)23(14-34-15-30(31,32)33)18(3)25(29(41)44)36-35-24-9-5-8-22(26(24)42)19-6-4-7-20(13-19)27-37-39-40-38-27/h5,8-12,19-20,34,42-43H,4,6-7,13-15H2,1-3H3,(H,37,38,39,40). The Bertz CT molecular complexity index is 1740. The predicted octanol–water partition coefficient (Wildman–Crippen LogP) is 6.20. The molecule has 1 aliphatic rings. The minimum atomic E-state index is -4.47. The van der Waals surface area contributed by atoms with Crippen molar-refractivity contribution in [2.45, 2.75) is 71.0 Å². The first-order valence-corrected chi connectivity index (χ1v) is 14.2. The fourth-order valence-corrected chi connectivity index (χ4v) is 5.68. The lowest BCUT2D eigenvalue weighted by atomic mass is 9.77. The highest BCUT2D eigenvalue weighted by molar-refractivity contribution is 5.58. The van der Waals surface area contributed by atoms with Gasteiger partial charge in [-0.15, -0.1) is 20.4 Å². The third-order valence-corrected chi connectivity index (χ3v) is 8.22. The number of phenols is 1. The topological polar surface area (TPSA) is 154 Å². The molecule has 5 rings (SSSR count). The van der Waals surface area contributed by atoms with E-state index in [-0.39, 0.29) is 46.6 Å². The van der Waals surface area contributed by atoms with Gasteiger partial charge in [0.15, 0.2) is 11.5 Å². The van der Waals surface area contributed by atoms with Crippen LogP contribution in [0.3, 0.4) is 0 Å². The second-order valence-electron chi connectivity index (χ2n) is 11.1. The van der Waals surface area contributed by atoms with Gasteiger partial charge in [0.05, 0.1) is 12.2 Å². The molecule has 1 aliphatic carbocycles. The Morgan fingerprint density at radius 3 is 2.55 bits per heavy atom. The van der Waals surface area contributed by atoms with E-state index in [2.05, 4.69) is 36.2 Å². The van der Waals surface area contributed by atoms with Crippen molar-refractivity contribution >= 4 is 11.4 Å². The van der Waals surface area contributed by atoms with E-state index in [0.29, 0.717) is 23.5 Å². The SMILES string of the molecule is Cc1ccc(-n2c(O)c(CNCC(F)(F)F)c(C)c(N=Nc3cccc(C4CCCC(c5nn[nH]n5)C4)c3O)c2=O)cc1C. The van der Waals surface area contributed by atoms with E-state index in [0.717, 1.165) is 35.0 Å². The first-order valence-electron chi connectivity index (χ1n) is 14.2. The number of rotatable bonds is 8. The van der Waals surface area contributed by atoms with Gasteiger partial charge in [-0.3, -0.25) is 4.79 Å². The van der Waals surface area contributed by atoms with Crippen LogP contribution in [0.1, 0.15) is 71.2 Å². The Kier molecular flexibility index (Phi) is 8.81. The maximum absolute atomic E-state index is 13.7. The van der Waals surface area contributed by atoms with Gasteiger partial charge in [-0.05, 0) is 86.4 Å². The smallest absolute Gasteiger partial charge is 0.401 e. The van der Waals surface area contributed by atoms with E-state index in [1.807, 2.05) is 19.9 Å². The van der Waals surface area contributed by atoms with Crippen molar-refractivity contribution < 1.29 is 23.4 Å². The highest BCUT2D eigenvalue weighted by Crippen LogP contribution is 2.45. The van der Waals surface area contributed by atoms with Crippen molar-refractivity contribution in [3.05, 3.63) is 80.4 Å². The summed E-state index contributed by atoms with van der Waals surface area (Å²) in [5, 5.41) is 47.4. The first kappa shape index (κ1) is 30.9. The molecule has 0 aliphatic heterocycles. The van der Waals surface area contributed by atoms with Crippen molar-refractivity contribution in [1.29, 1.82) is 0 Å². The molecule has 4 aromatic rings. The molecule has 232 valence electrons. The molecule has 44 heavy (non-hydrogen) atoms. The molecule has 2 atom stereocenters. The molecular weight excluding hydrogens is 577 g/mol. The minimum absolute atomic E-state index is 0.00567. The maximum Gasteiger partial charge on any atom is 0.401 e. The number of benzene rings is 2. The van der Waals surface area contributed by atoms with Gasteiger partial charge in [-0.2, -0.15) is 18.4 Å². The van der Waals surface area contributed by atoms with Gasteiger partial charge in [0.25, 0.3) is 5.56 Å². The van der Waals surface area contributed by atoms with Crippen molar-refractivity contribution in [3.63, 3.8) is 0 Å². The summed E-state index contributed by atoms with van der Waals surface area (Å²) in [6, 6.07) is 10.2. The Morgan fingerprint density at radius 2 is 1.84 bits per heavy atom. The number of hydrogen-bond donors (Lipinski definition) is 4. The molecule has 0 saturated heterocycles. The summed E-state index contributed by atoms with van der Waals surface area (Å²) in [7, 11) is 0. The molecule has 0 spiro atoms. The van der Waals surface area contributed by atoms with Crippen LogP contribution in [0.4, 0.5) is 24.5 Å². The number of tetrazole rings is 1. The van der Waals surface area contributed by atoms with E-state index < -0.39 is 24.2 Å². The van der Waals surface area contributed by atoms with Crippen molar-refractivity contribution in [2.75, 3.05) is 6.54 Å². The average molecular weight is 611 g/mol. The van der Waals surface area contributed by atoms with Gasteiger partial charge in [-0.1, -0.05) is 29.8 Å². The number of halogens is 3. The summed E-state index contributed by atoms with van der Waals surface area (Å²) >= 11 is 0. The molecule has 11 nitrogen and oxygen atoms in total. The van der Waals surface area contributed by atoms with Crippen LogP contribution in [0.15, 0.2) is 51.4 Å². The summed E-state index contributed by atoms with van der Waals surface area (Å²) in [6.45, 7) is 3.55.